The third kappa shape index (κ3) is 3.93. The molecule has 1 atom stereocenters. The molecule has 2 rings (SSSR count). The highest BCUT2D eigenvalue weighted by Gasteiger charge is 2.09. The van der Waals surface area contributed by atoms with E-state index in [2.05, 4.69) is 53.7 Å². The lowest BCUT2D eigenvalue weighted by Crippen LogP contribution is -2.24. The molecule has 0 radical (unpaired) electrons. The van der Waals surface area contributed by atoms with Crippen LogP contribution in [0.2, 0.25) is 0 Å². The van der Waals surface area contributed by atoms with Gasteiger partial charge in [0.25, 0.3) is 0 Å². The van der Waals surface area contributed by atoms with Gasteiger partial charge in [0.15, 0.2) is 0 Å². The third-order valence-electron chi connectivity index (χ3n) is 3.47. The first-order valence-corrected chi connectivity index (χ1v) is 7.06. The van der Waals surface area contributed by atoms with Crippen molar-refractivity contribution >= 4 is 0 Å². The molecule has 3 nitrogen and oxygen atoms in total. The Labute approximate surface area is 115 Å². The highest BCUT2D eigenvalue weighted by molar-refractivity contribution is 5.18. The van der Waals surface area contributed by atoms with Crippen LogP contribution in [0.4, 0.5) is 0 Å². The lowest BCUT2D eigenvalue weighted by molar-refractivity contribution is 0.492. The molecule has 1 heterocycles. The summed E-state index contributed by atoms with van der Waals surface area (Å²) in [5.74, 6) is 0. The molecule has 19 heavy (non-hydrogen) atoms. The van der Waals surface area contributed by atoms with E-state index in [0.29, 0.717) is 6.04 Å². The van der Waals surface area contributed by atoms with Gasteiger partial charge in [-0.1, -0.05) is 43.7 Å². The lowest BCUT2D eigenvalue weighted by Gasteiger charge is -2.18. The fourth-order valence-corrected chi connectivity index (χ4v) is 2.38. The average Bonchev–Trinajstić information content (AvgIpc) is 2.84. The first-order chi connectivity index (χ1) is 9.31. The maximum atomic E-state index is 4.20. The van der Waals surface area contributed by atoms with Crippen molar-refractivity contribution in [2.75, 3.05) is 6.54 Å². The Balaban J connectivity index is 1.89. The molecule has 0 bridgehead atoms. The van der Waals surface area contributed by atoms with Crippen LogP contribution in [0.3, 0.4) is 0 Å². The number of nitrogens with zero attached hydrogens (tertiary/aromatic N) is 2. The van der Waals surface area contributed by atoms with Crippen LogP contribution >= 0.6 is 0 Å². The molecular formula is C16H23N3. The normalized spacial score (nSPS) is 12.5. The second-order valence-corrected chi connectivity index (χ2v) is 4.90. The van der Waals surface area contributed by atoms with E-state index in [1.54, 1.807) is 0 Å². The minimum absolute atomic E-state index is 0.458. The monoisotopic (exact) mass is 257 g/mol. The van der Waals surface area contributed by atoms with E-state index in [4.69, 9.17) is 0 Å². The molecule has 1 unspecified atom stereocenters. The molecule has 1 N–H and O–H groups in total. The maximum Gasteiger partial charge on any atom is 0.0492 e. The summed E-state index contributed by atoms with van der Waals surface area (Å²) in [7, 11) is 2.00. The number of nitrogens with one attached hydrogen (secondary N) is 1. The van der Waals surface area contributed by atoms with Crippen LogP contribution in [0.5, 0.6) is 0 Å². The molecule has 0 fully saturated rings. The lowest BCUT2D eigenvalue weighted by atomic mass is 10.0. The standard InChI is InChI=1S/C16H23N3/c1-3-7-16(14-8-5-4-6-9-14)17-12-10-15-11-13-18-19(15)2/h4-6,8-9,11,13,16-17H,3,7,10,12H2,1-2H3. The Morgan fingerprint density at radius 3 is 2.63 bits per heavy atom. The Morgan fingerprint density at radius 1 is 1.21 bits per heavy atom. The van der Waals surface area contributed by atoms with Gasteiger partial charge in [-0.25, -0.2) is 0 Å². The maximum absolute atomic E-state index is 4.20. The first-order valence-electron chi connectivity index (χ1n) is 7.06. The first kappa shape index (κ1) is 13.8. The molecule has 1 aromatic carbocycles. The van der Waals surface area contributed by atoms with Gasteiger partial charge in [-0.3, -0.25) is 4.68 Å². The van der Waals surface area contributed by atoms with Crippen molar-refractivity contribution in [2.45, 2.75) is 32.2 Å². The number of aryl methyl sites for hydroxylation is 1. The van der Waals surface area contributed by atoms with Gasteiger partial charge in [0.05, 0.1) is 0 Å². The van der Waals surface area contributed by atoms with Crippen molar-refractivity contribution in [3.8, 4) is 0 Å². The van der Waals surface area contributed by atoms with Crippen molar-refractivity contribution in [1.82, 2.24) is 15.1 Å². The molecular weight excluding hydrogens is 234 g/mol. The van der Waals surface area contributed by atoms with Crippen LogP contribution in [0.15, 0.2) is 42.6 Å². The SMILES string of the molecule is CCCC(NCCc1ccnn1C)c1ccccc1. The fourth-order valence-electron chi connectivity index (χ4n) is 2.38. The van der Waals surface area contributed by atoms with E-state index in [1.807, 2.05) is 17.9 Å². The average molecular weight is 257 g/mol. The van der Waals surface area contributed by atoms with Crippen LogP contribution in [0.1, 0.15) is 37.1 Å². The van der Waals surface area contributed by atoms with Gasteiger partial charge in [-0.15, -0.1) is 0 Å². The number of rotatable bonds is 7. The highest BCUT2D eigenvalue weighted by Crippen LogP contribution is 2.17. The molecule has 0 aliphatic rings. The van der Waals surface area contributed by atoms with E-state index in [-0.39, 0.29) is 0 Å². The molecule has 0 amide bonds. The summed E-state index contributed by atoms with van der Waals surface area (Å²) in [5, 5.41) is 7.86. The van der Waals surface area contributed by atoms with Crippen molar-refractivity contribution in [1.29, 1.82) is 0 Å². The van der Waals surface area contributed by atoms with Crippen molar-refractivity contribution < 1.29 is 0 Å². The summed E-state index contributed by atoms with van der Waals surface area (Å²) >= 11 is 0. The van der Waals surface area contributed by atoms with E-state index >= 15 is 0 Å². The van der Waals surface area contributed by atoms with E-state index in [9.17, 15) is 0 Å². The third-order valence-corrected chi connectivity index (χ3v) is 3.47. The highest BCUT2D eigenvalue weighted by atomic mass is 15.3. The molecule has 3 heteroatoms. The second-order valence-electron chi connectivity index (χ2n) is 4.90. The largest absolute Gasteiger partial charge is 0.310 e. The zero-order chi connectivity index (χ0) is 13.5. The van der Waals surface area contributed by atoms with Gasteiger partial charge in [0.1, 0.15) is 0 Å². The van der Waals surface area contributed by atoms with Crippen LogP contribution in [0, 0.1) is 0 Å². The van der Waals surface area contributed by atoms with Crippen LogP contribution in [-0.2, 0) is 13.5 Å². The molecule has 1 aromatic heterocycles. The van der Waals surface area contributed by atoms with Gasteiger partial charge < -0.3 is 5.32 Å². The number of aromatic nitrogens is 2. The Bertz CT molecular complexity index is 476. The van der Waals surface area contributed by atoms with Crippen LogP contribution in [-0.4, -0.2) is 16.3 Å². The summed E-state index contributed by atoms with van der Waals surface area (Å²) in [6.07, 6.45) is 5.24. The van der Waals surface area contributed by atoms with Gasteiger partial charge >= 0.3 is 0 Å². The van der Waals surface area contributed by atoms with Gasteiger partial charge in [-0.2, -0.15) is 5.10 Å². The quantitative estimate of drug-likeness (QED) is 0.826. The van der Waals surface area contributed by atoms with Gasteiger partial charge in [0, 0.05) is 37.9 Å². The predicted molar refractivity (Wildman–Crippen MR) is 79.0 cm³/mol. The van der Waals surface area contributed by atoms with E-state index in [0.717, 1.165) is 13.0 Å². The number of hydrogen-bond donors (Lipinski definition) is 1. The minimum atomic E-state index is 0.458. The Hall–Kier alpha value is -1.61. The zero-order valence-electron chi connectivity index (χ0n) is 11.8. The van der Waals surface area contributed by atoms with Crippen LogP contribution < -0.4 is 5.32 Å². The summed E-state index contributed by atoms with van der Waals surface area (Å²) in [4.78, 5) is 0. The van der Waals surface area contributed by atoms with E-state index in [1.165, 1.54) is 24.1 Å². The Morgan fingerprint density at radius 2 is 2.00 bits per heavy atom. The molecule has 102 valence electrons. The molecule has 0 spiro atoms. The second kappa shape index (κ2) is 7.10. The predicted octanol–water partition coefficient (Wildman–Crippen LogP) is 3.09. The smallest absolute Gasteiger partial charge is 0.0492 e. The van der Waals surface area contributed by atoms with Crippen molar-refractivity contribution in [2.24, 2.45) is 7.05 Å². The topological polar surface area (TPSA) is 29.9 Å². The summed E-state index contributed by atoms with van der Waals surface area (Å²) in [6, 6.07) is 13.2. The minimum Gasteiger partial charge on any atom is -0.310 e. The summed E-state index contributed by atoms with van der Waals surface area (Å²) in [5.41, 5.74) is 2.66. The summed E-state index contributed by atoms with van der Waals surface area (Å²) in [6.45, 7) is 3.22. The van der Waals surface area contributed by atoms with Crippen molar-refractivity contribution in [3.63, 3.8) is 0 Å². The molecule has 2 aromatic rings. The van der Waals surface area contributed by atoms with Crippen molar-refractivity contribution in [3.05, 3.63) is 53.9 Å². The van der Waals surface area contributed by atoms with Gasteiger partial charge in [-0.05, 0) is 18.1 Å². The molecule has 0 aliphatic heterocycles. The number of hydrogen-bond acceptors (Lipinski definition) is 2. The van der Waals surface area contributed by atoms with Gasteiger partial charge in [0.2, 0.25) is 0 Å². The fraction of sp³-hybridized carbons (Fsp3) is 0.438. The Kier molecular flexibility index (Phi) is 5.16. The number of benzene rings is 1. The van der Waals surface area contributed by atoms with Crippen LogP contribution in [0.25, 0.3) is 0 Å². The zero-order valence-corrected chi connectivity index (χ0v) is 11.8. The van der Waals surface area contributed by atoms with E-state index < -0.39 is 0 Å². The molecule has 0 saturated carbocycles. The molecule has 0 aliphatic carbocycles. The summed E-state index contributed by atoms with van der Waals surface area (Å²) < 4.78 is 1.94. The molecule has 0 saturated heterocycles.